The largest absolute Gasteiger partial charge is 0.363 e. The van der Waals surface area contributed by atoms with Gasteiger partial charge in [-0.1, -0.05) is 18.2 Å². The molecule has 1 aromatic carbocycles. The number of fused-ring (bicyclic) bond motifs is 1. The Morgan fingerprint density at radius 3 is 2.95 bits per heavy atom. The topological polar surface area (TPSA) is 48.6 Å². The number of carbonyl (C=O) groups is 1. The van der Waals surface area contributed by atoms with E-state index in [-0.39, 0.29) is 5.91 Å². The predicted octanol–water partition coefficient (Wildman–Crippen LogP) is 1.85. The van der Waals surface area contributed by atoms with Crippen molar-refractivity contribution < 1.29 is 9.53 Å². The second-order valence-corrected chi connectivity index (χ2v) is 6.35. The lowest BCUT2D eigenvalue weighted by Gasteiger charge is -2.40. The monoisotopic (exact) mass is 301 g/mol. The molecule has 1 aromatic heterocycles. The molecule has 0 saturated carbocycles. The Morgan fingerprint density at radius 1 is 1.41 bits per heavy atom. The number of benzene rings is 1. The number of ether oxygens (including phenoxy) is 1. The smallest absolute Gasteiger partial charge is 0.255 e. The summed E-state index contributed by atoms with van der Waals surface area (Å²) in [4.78, 5) is 19.6. The molecular formula is C17H23N3O2. The molecule has 1 aliphatic rings. The number of amides is 1. The van der Waals surface area contributed by atoms with E-state index in [1.165, 1.54) is 10.9 Å². The first-order valence-corrected chi connectivity index (χ1v) is 7.63. The van der Waals surface area contributed by atoms with Gasteiger partial charge in [-0.3, -0.25) is 9.69 Å². The number of rotatable bonds is 3. The van der Waals surface area contributed by atoms with E-state index in [4.69, 9.17) is 4.74 Å². The summed E-state index contributed by atoms with van der Waals surface area (Å²) in [6.07, 6.45) is 2.06. The first kappa shape index (κ1) is 15.1. The van der Waals surface area contributed by atoms with E-state index in [1.807, 2.05) is 13.0 Å². The molecule has 0 radical (unpaired) electrons. The summed E-state index contributed by atoms with van der Waals surface area (Å²) in [5, 5.41) is 1.25. The number of hydrogen-bond acceptors (Lipinski definition) is 3. The van der Waals surface area contributed by atoms with Crippen LogP contribution in [0.1, 0.15) is 12.5 Å². The molecule has 5 heteroatoms. The predicted molar refractivity (Wildman–Crippen MR) is 86.6 cm³/mol. The van der Waals surface area contributed by atoms with E-state index in [1.54, 1.807) is 19.0 Å². The Labute approximate surface area is 130 Å². The highest BCUT2D eigenvalue weighted by atomic mass is 16.5. The normalized spacial score (nSPS) is 22.9. The summed E-state index contributed by atoms with van der Waals surface area (Å²) < 4.78 is 5.78. The van der Waals surface area contributed by atoms with Crippen LogP contribution in [-0.4, -0.2) is 60.1 Å². The molecule has 2 heterocycles. The van der Waals surface area contributed by atoms with Gasteiger partial charge in [-0.05, 0) is 18.6 Å². The van der Waals surface area contributed by atoms with E-state index in [0.29, 0.717) is 13.2 Å². The molecule has 5 nitrogen and oxygen atoms in total. The van der Waals surface area contributed by atoms with Crippen molar-refractivity contribution in [1.29, 1.82) is 0 Å². The van der Waals surface area contributed by atoms with Crippen LogP contribution in [0.25, 0.3) is 10.9 Å². The Balaban J connectivity index is 1.77. The second-order valence-electron chi connectivity index (χ2n) is 6.35. The van der Waals surface area contributed by atoms with Gasteiger partial charge in [0.2, 0.25) is 0 Å². The molecule has 2 aromatic rings. The van der Waals surface area contributed by atoms with Crippen LogP contribution < -0.4 is 0 Å². The third-order valence-corrected chi connectivity index (χ3v) is 4.28. The third kappa shape index (κ3) is 2.74. The minimum atomic E-state index is -0.756. The first-order valence-electron chi connectivity index (χ1n) is 7.63. The highest BCUT2D eigenvalue weighted by Crippen LogP contribution is 2.24. The van der Waals surface area contributed by atoms with E-state index >= 15 is 0 Å². The fourth-order valence-corrected chi connectivity index (χ4v) is 3.19. The Hall–Kier alpha value is -1.85. The minimum Gasteiger partial charge on any atom is -0.363 e. The van der Waals surface area contributed by atoms with Crippen LogP contribution in [0.3, 0.4) is 0 Å². The number of hydrogen-bond donors (Lipinski definition) is 1. The number of nitrogens with one attached hydrogen (secondary N) is 1. The molecule has 1 N–H and O–H groups in total. The number of aromatic amines is 1. The van der Waals surface area contributed by atoms with Gasteiger partial charge in [0.15, 0.2) is 5.60 Å². The molecule has 0 spiro atoms. The lowest BCUT2D eigenvalue weighted by atomic mass is 10.0. The zero-order chi connectivity index (χ0) is 15.7. The van der Waals surface area contributed by atoms with Gasteiger partial charge < -0.3 is 14.6 Å². The lowest BCUT2D eigenvalue weighted by Crippen LogP contribution is -2.57. The quantitative estimate of drug-likeness (QED) is 0.941. The maximum absolute atomic E-state index is 12.3. The lowest BCUT2D eigenvalue weighted by molar-refractivity contribution is -0.165. The van der Waals surface area contributed by atoms with Crippen LogP contribution in [0.2, 0.25) is 0 Å². The standard InChI is InChI=1S/C17H23N3O2/c1-17(16(21)19(2)3)12-20(8-9-22-17)11-13-10-18-15-7-5-4-6-14(13)15/h4-7,10,18H,8-9,11-12H2,1-3H3/t17-/m1/s1. The molecule has 1 saturated heterocycles. The van der Waals surface area contributed by atoms with Gasteiger partial charge in [-0.15, -0.1) is 0 Å². The fraction of sp³-hybridized carbons (Fsp3) is 0.471. The van der Waals surface area contributed by atoms with Crippen LogP contribution >= 0.6 is 0 Å². The molecule has 0 unspecified atom stereocenters. The maximum atomic E-state index is 12.3. The van der Waals surface area contributed by atoms with Crippen molar-refractivity contribution in [3.63, 3.8) is 0 Å². The SMILES string of the molecule is CN(C)C(=O)[C@@]1(C)CN(Cc2c[nH]c3ccccc23)CCO1. The van der Waals surface area contributed by atoms with Crippen molar-refractivity contribution in [2.75, 3.05) is 33.8 Å². The number of para-hydroxylation sites is 1. The van der Waals surface area contributed by atoms with Gasteiger partial charge in [-0.25, -0.2) is 0 Å². The van der Waals surface area contributed by atoms with Crippen LogP contribution in [-0.2, 0) is 16.1 Å². The minimum absolute atomic E-state index is 0.0242. The van der Waals surface area contributed by atoms with Gasteiger partial charge in [0.1, 0.15) is 0 Å². The van der Waals surface area contributed by atoms with Crippen molar-refractivity contribution in [3.05, 3.63) is 36.0 Å². The highest BCUT2D eigenvalue weighted by molar-refractivity contribution is 5.85. The summed E-state index contributed by atoms with van der Waals surface area (Å²) in [5.74, 6) is 0.0242. The van der Waals surface area contributed by atoms with Crippen LogP contribution in [0, 0.1) is 0 Å². The number of H-pyrrole nitrogens is 1. The van der Waals surface area contributed by atoms with E-state index in [9.17, 15) is 4.79 Å². The van der Waals surface area contributed by atoms with E-state index in [0.717, 1.165) is 18.6 Å². The average molecular weight is 301 g/mol. The number of likely N-dealkylation sites (N-methyl/N-ethyl adjacent to an activating group) is 1. The first-order chi connectivity index (χ1) is 10.5. The second kappa shape index (κ2) is 5.74. The summed E-state index contributed by atoms with van der Waals surface area (Å²) in [5.41, 5.74) is 1.66. The Kier molecular flexibility index (Phi) is 3.93. The van der Waals surface area contributed by atoms with Gasteiger partial charge in [-0.2, -0.15) is 0 Å². The van der Waals surface area contributed by atoms with E-state index < -0.39 is 5.60 Å². The maximum Gasteiger partial charge on any atom is 0.255 e. The zero-order valence-corrected chi connectivity index (χ0v) is 13.4. The van der Waals surface area contributed by atoms with Crippen LogP contribution in [0.15, 0.2) is 30.5 Å². The molecule has 1 atom stereocenters. The Morgan fingerprint density at radius 2 is 2.18 bits per heavy atom. The fourth-order valence-electron chi connectivity index (χ4n) is 3.19. The molecule has 1 aliphatic heterocycles. The molecule has 118 valence electrons. The molecule has 22 heavy (non-hydrogen) atoms. The van der Waals surface area contributed by atoms with Gasteiger partial charge in [0, 0.05) is 50.8 Å². The number of aromatic nitrogens is 1. The summed E-state index contributed by atoms with van der Waals surface area (Å²) in [6.45, 7) is 4.75. The van der Waals surface area contributed by atoms with Crippen molar-refractivity contribution in [2.45, 2.75) is 19.1 Å². The Bertz CT molecular complexity index is 679. The molecular weight excluding hydrogens is 278 g/mol. The van der Waals surface area contributed by atoms with Crippen LogP contribution in [0.5, 0.6) is 0 Å². The van der Waals surface area contributed by atoms with Crippen molar-refractivity contribution >= 4 is 16.8 Å². The zero-order valence-electron chi connectivity index (χ0n) is 13.4. The summed E-state index contributed by atoms with van der Waals surface area (Å²) in [7, 11) is 3.55. The average Bonchev–Trinajstić information content (AvgIpc) is 2.90. The van der Waals surface area contributed by atoms with Crippen molar-refractivity contribution in [1.82, 2.24) is 14.8 Å². The summed E-state index contributed by atoms with van der Waals surface area (Å²) >= 11 is 0. The molecule has 0 bridgehead atoms. The molecule has 3 rings (SSSR count). The van der Waals surface area contributed by atoms with Gasteiger partial charge in [0.05, 0.1) is 6.61 Å². The van der Waals surface area contributed by atoms with Gasteiger partial charge in [0.25, 0.3) is 5.91 Å². The van der Waals surface area contributed by atoms with E-state index in [2.05, 4.69) is 34.3 Å². The molecule has 0 aliphatic carbocycles. The number of nitrogens with zero attached hydrogens (tertiary/aromatic N) is 2. The van der Waals surface area contributed by atoms with Gasteiger partial charge >= 0.3 is 0 Å². The van der Waals surface area contributed by atoms with Crippen LogP contribution in [0.4, 0.5) is 0 Å². The number of carbonyl (C=O) groups excluding carboxylic acids is 1. The highest BCUT2D eigenvalue weighted by Gasteiger charge is 2.40. The third-order valence-electron chi connectivity index (χ3n) is 4.28. The van der Waals surface area contributed by atoms with Crippen molar-refractivity contribution in [2.24, 2.45) is 0 Å². The molecule has 1 fully saturated rings. The molecule has 1 amide bonds. The number of morpholine rings is 1. The summed E-state index contributed by atoms with van der Waals surface area (Å²) in [6, 6.07) is 8.30. The van der Waals surface area contributed by atoms with Crippen molar-refractivity contribution in [3.8, 4) is 0 Å².